The number of benzene rings is 5. The van der Waals surface area contributed by atoms with Crippen LogP contribution in [0.25, 0.3) is 44.3 Å². The van der Waals surface area contributed by atoms with Crippen LogP contribution in [0.1, 0.15) is 48.8 Å². The molecule has 0 bridgehead atoms. The second-order valence-electron chi connectivity index (χ2n) is 14.9. The van der Waals surface area contributed by atoms with Crippen LogP contribution in [0.3, 0.4) is 0 Å². The van der Waals surface area contributed by atoms with Crippen molar-refractivity contribution in [2.24, 2.45) is 0 Å². The Bertz CT molecular complexity index is 2870. The summed E-state index contributed by atoms with van der Waals surface area (Å²) in [5.74, 6) is -0.843. The minimum absolute atomic E-state index is 0.0184. The molecular weight excluding hydrogens is 782 g/mol. The first-order chi connectivity index (χ1) is 28.7. The summed E-state index contributed by atoms with van der Waals surface area (Å²) in [4.78, 5) is 55.2. The molecule has 13 heteroatoms. The maximum Gasteiger partial charge on any atom is 0.336 e. The topological polar surface area (TPSA) is 146 Å². The van der Waals surface area contributed by atoms with Crippen molar-refractivity contribution < 1.29 is 33.4 Å². The van der Waals surface area contributed by atoms with Crippen LogP contribution >= 0.6 is 11.6 Å². The van der Waals surface area contributed by atoms with Gasteiger partial charge >= 0.3 is 5.97 Å². The van der Waals surface area contributed by atoms with Crippen LogP contribution in [-0.2, 0) is 11.2 Å². The molecule has 0 atom stereocenters. The van der Waals surface area contributed by atoms with Gasteiger partial charge in [-0.3, -0.25) is 19.0 Å². The van der Waals surface area contributed by atoms with Crippen LogP contribution in [0.4, 0.5) is 5.69 Å². The van der Waals surface area contributed by atoms with E-state index in [1.165, 1.54) is 12.1 Å². The molecule has 2 heterocycles. The molecule has 0 radical (unpaired) electrons. The molecule has 0 saturated carbocycles. The highest BCUT2D eigenvalue weighted by molar-refractivity contribution is 6.30. The van der Waals surface area contributed by atoms with Gasteiger partial charge in [-0.1, -0.05) is 11.6 Å². The third-order valence-corrected chi connectivity index (χ3v) is 10.9. The van der Waals surface area contributed by atoms with E-state index in [1.807, 2.05) is 87.1 Å². The lowest BCUT2D eigenvalue weighted by Crippen LogP contribution is -2.30. The third kappa shape index (κ3) is 8.19. The molecule has 2 amide bonds. The number of carboxylic acid groups (broad SMARTS) is 1. The lowest BCUT2D eigenvalue weighted by Gasteiger charge is -2.19. The number of methoxy groups -OCH3 is 1. The Morgan fingerprint density at radius 2 is 1.57 bits per heavy atom. The summed E-state index contributed by atoms with van der Waals surface area (Å²) in [6.45, 7) is 2.34. The Hall–Kier alpha value is -6.92. The maximum atomic E-state index is 13.7. The van der Waals surface area contributed by atoms with Crippen LogP contribution in [0.5, 0.6) is 5.75 Å². The average Bonchev–Trinajstić information content (AvgIpc) is 3.50. The van der Waals surface area contributed by atoms with E-state index in [1.54, 1.807) is 54.1 Å². The van der Waals surface area contributed by atoms with Gasteiger partial charge in [0.2, 0.25) is 11.3 Å². The van der Waals surface area contributed by atoms with E-state index >= 15 is 0 Å². The summed E-state index contributed by atoms with van der Waals surface area (Å²) < 4.78 is 15.4. The summed E-state index contributed by atoms with van der Waals surface area (Å²) in [7, 11) is 9.28. The van der Waals surface area contributed by atoms with Gasteiger partial charge in [0.05, 0.1) is 30.7 Å². The van der Waals surface area contributed by atoms with E-state index in [9.17, 15) is 24.3 Å². The van der Waals surface area contributed by atoms with E-state index in [-0.39, 0.29) is 48.4 Å². The zero-order valence-electron chi connectivity index (χ0n) is 34.2. The number of amides is 2. The first kappa shape index (κ1) is 41.2. The van der Waals surface area contributed by atoms with Gasteiger partial charge in [-0.15, -0.1) is 0 Å². The second-order valence-corrected chi connectivity index (χ2v) is 15.4. The van der Waals surface area contributed by atoms with E-state index in [2.05, 4.69) is 10.6 Å². The average molecular weight is 827 g/mol. The van der Waals surface area contributed by atoms with Crippen molar-refractivity contribution in [2.45, 2.75) is 19.8 Å². The summed E-state index contributed by atoms with van der Waals surface area (Å²) in [5, 5.41) is 19.1. The fourth-order valence-electron chi connectivity index (χ4n) is 7.43. The van der Waals surface area contributed by atoms with Crippen molar-refractivity contribution in [3.8, 4) is 28.2 Å². The lowest BCUT2D eigenvalue weighted by molar-refractivity contribution is -0.120. The quantitative estimate of drug-likeness (QED) is 0.0673. The number of carboxylic acids is 1. The summed E-state index contributed by atoms with van der Waals surface area (Å²) in [5.41, 5.74) is 5.97. The van der Waals surface area contributed by atoms with Crippen LogP contribution < -0.4 is 30.2 Å². The normalized spacial score (nSPS) is 11.2. The lowest BCUT2D eigenvalue weighted by atomic mass is 9.89. The predicted octanol–water partition coefficient (Wildman–Crippen LogP) is 7.09. The molecule has 0 fully saturated rings. The standard InChI is InChI=1S/C47H44ClN5O7/c1-27-37(38-25-33(59-6)15-19-40(38)53(27)46(56)28-8-11-30(48)12-9-28)26-43(54)49-20-7-21-50-45(55)29-10-16-34(47(57)58)39(22-29)44-35-17-13-31(51(2)3)23-41(35)60-42-24-32(52(4)5)14-18-36(42)44/h8-19,22-25H,7,20-21,26H2,1-6H3,(H2-,49,50,54,55,57,58)/p+1. The molecule has 2 aliphatic rings. The number of hydrogen-bond acceptors (Lipinski definition) is 7. The second kappa shape index (κ2) is 17.1. The van der Waals surface area contributed by atoms with Gasteiger partial charge in [-0.25, -0.2) is 9.37 Å². The van der Waals surface area contributed by atoms with Crippen molar-refractivity contribution >= 4 is 62.9 Å². The molecule has 3 N–H and O–H groups in total. The number of nitrogens with zero attached hydrogens (tertiary/aromatic N) is 3. The summed E-state index contributed by atoms with van der Waals surface area (Å²) >= 11 is 6.06. The molecule has 4 aromatic carbocycles. The highest BCUT2D eigenvalue weighted by atomic mass is 35.5. The number of hydrogen-bond donors (Lipinski definition) is 3. The van der Waals surface area contributed by atoms with E-state index in [0.29, 0.717) is 73.0 Å². The SMILES string of the molecule is COc1ccc2c(c1)c(CC(=O)NCCCNC(=O)c1ccc(C(=O)O)c(-c3c4ccc(=[N+](C)C)cc-4oc4cc(N(C)C)ccc34)c1)c(C)n2C(=O)c1ccc(Cl)cc1. The molecule has 0 unspecified atom stereocenters. The molecule has 1 aliphatic carbocycles. The maximum absolute atomic E-state index is 13.7. The Kier molecular flexibility index (Phi) is 11.8. The number of nitrogens with one attached hydrogen (secondary N) is 2. The highest BCUT2D eigenvalue weighted by Gasteiger charge is 2.25. The number of carbonyl (C=O) groups is 4. The Morgan fingerprint density at radius 3 is 2.27 bits per heavy atom. The molecule has 5 aromatic rings. The molecular formula is C47H45ClN5O7+. The first-order valence-corrected chi connectivity index (χ1v) is 19.7. The van der Waals surface area contributed by atoms with Gasteiger partial charge in [-0.05, 0) is 103 Å². The van der Waals surface area contributed by atoms with Crippen molar-refractivity contribution in [1.82, 2.24) is 19.8 Å². The Balaban J connectivity index is 1.08. The zero-order valence-corrected chi connectivity index (χ0v) is 34.9. The fraction of sp³-hybridized carbons (Fsp3) is 0.213. The van der Waals surface area contributed by atoms with Crippen molar-refractivity contribution in [3.63, 3.8) is 0 Å². The van der Waals surface area contributed by atoms with E-state index in [4.69, 9.17) is 20.8 Å². The number of aromatic nitrogens is 1. The number of rotatable bonds is 12. The van der Waals surface area contributed by atoms with Gasteiger partial charge in [0, 0.05) is 88.7 Å². The van der Waals surface area contributed by atoms with Crippen molar-refractivity contribution in [3.05, 3.63) is 135 Å². The largest absolute Gasteiger partial charge is 0.497 e. The van der Waals surface area contributed by atoms with Gasteiger partial charge in [0.25, 0.3) is 11.8 Å². The number of aromatic carboxylic acids is 1. The number of ether oxygens (including phenoxy) is 1. The van der Waals surface area contributed by atoms with Gasteiger partial charge < -0.3 is 29.8 Å². The van der Waals surface area contributed by atoms with Crippen LogP contribution in [-0.4, -0.2) is 81.8 Å². The predicted molar refractivity (Wildman–Crippen MR) is 235 cm³/mol. The number of fused-ring (bicyclic) bond motifs is 3. The molecule has 306 valence electrons. The van der Waals surface area contributed by atoms with Crippen LogP contribution in [0.2, 0.25) is 5.02 Å². The summed E-state index contributed by atoms with van der Waals surface area (Å²) in [6.07, 6.45) is 0.448. The molecule has 1 aliphatic heterocycles. The van der Waals surface area contributed by atoms with Crippen LogP contribution in [0.15, 0.2) is 101 Å². The molecule has 60 heavy (non-hydrogen) atoms. The van der Waals surface area contributed by atoms with Gasteiger partial charge in [0.15, 0.2) is 0 Å². The molecule has 12 nitrogen and oxygen atoms in total. The van der Waals surface area contributed by atoms with Gasteiger partial charge in [-0.2, -0.15) is 0 Å². The fourth-order valence-corrected chi connectivity index (χ4v) is 7.56. The number of carbonyl (C=O) groups excluding carboxylic acids is 3. The number of halogens is 1. The zero-order chi connectivity index (χ0) is 42.8. The minimum atomic E-state index is -1.13. The monoisotopic (exact) mass is 826 g/mol. The van der Waals surface area contributed by atoms with Gasteiger partial charge in [0.1, 0.15) is 31.2 Å². The molecule has 0 spiro atoms. The molecule has 7 rings (SSSR count). The summed E-state index contributed by atoms with van der Waals surface area (Å²) in [6, 6.07) is 28.1. The Labute approximate surface area is 351 Å². The third-order valence-electron chi connectivity index (χ3n) is 10.6. The van der Waals surface area contributed by atoms with E-state index in [0.717, 1.165) is 16.4 Å². The smallest absolute Gasteiger partial charge is 0.336 e. The first-order valence-electron chi connectivity index (χ1n) is 19.3. The number of anilines is 1. The van der Waals surface area contributed by atoms with Crippen LogP contribution in [0, 0.1) is 6.92 Å². The van der Waals surface area contributed by atoms with E-state index < -0.39 is 5.97 Å². The van der Waals surface area contributed by atoms with Crippen molar-refractivity contribution in [2.75, 3.05) is 53.3 Å². The Morgan fingerprint density at radius 1 is 0.833 bits per heavy atom. The molecule has 0 saturated heterocycles. The van der Waals surface area contributed by atoms with Crippen molar-refractivity contribution in [1.29, 1.82) is 0 Å². The minimum Gasteiger partial charge on any atom is -0.497 e. The highest BCUT2D eigenvalue weighted by Crippen LogP contribution is 2.42. The molecule has 1 aromatic heterocycles.